The number of hydrogen-bond donors (Lipinski definition) is 1. The second-order valence-electron chi connectivity index (χ2n) is 10.4. The molecule has 0 bridgehead atoms. The summed E-state index contributed by atoms with van der Waals surface area (Å²) < 4.78 is 6.64. The molecule has 3 amide bonds. The summed E-state index contributed by atoms with van der Waals surface area (Å²) in [6.07, 6.45) is 8.66. The minimum atomic E-state index is -1.29. The zero-order valence-corrected chi connectivity index (χ0v) is 21.1. The van der Waals surface area contributed by atoms with Crippen LogP contribution in [-0.2, 0) is 19.1 Å². The van der Waals surface area contributed by atoms with Crippen molar-refractivity contribution in [3.63, 3.8) is 0 Å². The molecule has 2 unspecified atom stereocenters. The number of aliphatic hydroxyl groups excluding tert-OH is 1. The van der Waals surface area contributed by atoms with Gasteiger partial charge in [0.05, 0.1) is 30.6 Å². The summed E-state index contributed by atoms with van der Waals surface area (Å²) in [4.78, 5) is 47.1. The monoisotopic (exact) mass is 493 g/mol. The van der Waals surface area contributed by atoms with Gasteiger partial charge in [-0.3, -0.25) is 14.4 Å². The first-order chi connectivity index (χ1) is 17.4. The number of nitrogens with zero attached hydrogens (tertiary/aromatic N) is 3. The molecule has 192 valence electrons. The van der Waals surface area contributed by atoms with Crippen LogP contribution in [0.25, 0.3) is 0 Å². The van der Waals surface area contributed by atoms with Crippen LogP contribution in [0.1, 0.15) is 38.3 Å². The topological polar surface area (TPSA) is 90.4 Å². The lowest BCUT2D eigenvalue weighted by Gasteiger charge is -2.40. The lowest BCUT2D eigenvalue weighted by atomic mass is 9.77. The highest BCUT2D eigenvalue weighted by atomic mass is 16.5. The predicted octanol–water partition coefficient (Wildman–Crippen LogP) is 1.92. The molecule has 2 fully saturated rings. The third-order valence-corrected chi connectivity index (χ3v) is 8.26. The first-order valence-electron chi connectivity index (χ1n) is 12.9. The molecule has 1 spiro atoms. The number of rotatable bonds is 6. The second kappa shape index (κ2) is 9.48. The van der Waals surface area contributed by atoms with Crippen molar-refractivity contribution in [1.29, 1.82) is 0 Å². The van der Waals surface area contributed by atoms with Crippen molar-refractivity contribution in [2.45, 2.75) is 56.5 Å². The van der Waals surface area contributed by atoms with Crippen molar-refractivity contribution in [3.05, 3.63) is 60.2 Å². The molecule has 36 heavy (non-hydrogen) atoms. The van der Waals surface area contributed by atoms with Crippen LogP contribution >= 0.6 is 0 Å². The molecule has 2 saturated heterocycles. The summed E-state index contributed by atoms with van der Waals surface area (Å²) >= 11 is 0. The quantitative estimate of drug-likeness (QED) is 0.612. The molecule has 0 radical (unpaired) electrons. The average molecular weight is 494 g/mol. The zero-order chi connectivity index (χ0) is 25.6. The van der Waals surface area contributed by atoms with Crippen LogP contribution in [-0.4, -0.2) is 88.1 Å². The van der Waals surface area contributed by atoms with Crippen molar-refractivity contribution in [3.8, 4) is 0 Å². The van der Waals surface area contributed by atoms with E-state index >= 15 is 0 Å². The van der Waals surface area contributed by atoms with E-state index < -0.39 is 35.6 Å². The van der Waals surface area contributed by atoms with Gasteiger partial charge in [0.1, 0.15) is 11.6 Å². The number of ether oxygens (including phenoxy) is 1. The van der Waals surface area contributed by atoms with Gasteiger partial charge in [-0.1, -0.05) is 68.0 Å². The lowest BCUT2D eigenvalue weighted by Crippen LogP contribution is -2.57. The average Bonchev–Trinajstić information content (AvgIpc) is 3.19. The minimum absolute atomic E-state index is 0.0258. The lowest BCUT2D eigenvalue weighted by molar-refractivity contribution is -0.152. The fourth-order valence-corrected chi connectivity index (χ4v) is 6.56. The summed E-state index contributed by atoms with van der Waals surface area (Å²) in [5, 5.41) is 10.5. The van der Waals surface area contributed by atoms with Gasteiger partial charge < -0.3 is 24.5 Å². The fraction of sp³-hybridized carbons (Fsp3) is 0.536. The highest BCUT2D eigenvalue weighted by Gasteiger charge is 2.72. The van der Waals surface area contributed by atoms with Crippen molar-refractivity contribution in [2.24, 2.45) is 11.8 Å². The third-order valence-electron chi connectivity index (χ3n) is 8.26. The summed E-state index contributed by atoms with van der Waals surface area (Å²) in [5.41, 5.74) is -0.552. The normalized spacial score (nSPS) is 33.2. The van der Waals surface area contributed by atoms with Crippen LogP contribution < -0.4 is 0 Å². The maximum Gasteiger partial charge on any atom is 0.249 e. The Bertz CT molecular complexity index is 1090. The molecular formula is C28H35N3O5. The largest absolute Gasteiger partial charge is 0.394 e. The van der Waals surface area contributed by atoms with E-state index in [1.165, 1.54) is 4.90 Å². The minimum Gasteiger partial charge on any atom is -0.394 e. The fourth-order valence-electron chi connectivity index (χ4n) is 6.56. The Kier molecular flexibility index (Phi) is 6.51. The molecular weight excluding hydrogens is 458 g/mol. The Morgan fingerprint density at radius 2 is 1.83 bits per heavy atom. The van der Waals surface area contributed by atoms with Crippen molar-refractivity contribution < 1.29 is 24.2 Å². The van der Waals surface area contributed by atoms with E-state index in [0.29, 0.717) is 13.1 Å². The number of carbonyl (C=O) groups excluding carboxylic acids is 3. The van der Waals surface area contributed by atoms with E-state index in [0.717, 1.165) is 18.4 Å². The molecule has 0 saturated carbocycles. The van der Waals surface area contributed by atoms with E-state index in [1.54, 1.807) is 11.9 Å². The maximum absolute atomic E-state index is 14.3. The van der Waals surface area contributed by atoms with Crippen molar-refractivity contribution in [1.82, 2.24) is 14.7 Å². The third kappa shape index (κ3) is 3.61. The molecule has 1 aromatic carbocycles. The van der Waals surface area contributed by atoms with Gasteiger partial charge in [-0.15, -0.1) is 0 Å². The molecule has 0 aliphatic carbocycles. The molecule has 4 heterocycles. The highest BCUT2D eigenvalue weighted by molar-refractivity contribution is 6.00. The molecule has 8 heteroatoms. The van der Waals surface area contributed by atoms with Gasteiger partial charge in [-0.2, -0.15) is 0 Å². The molecule has 8 nitrogen and oxygen atoms in total. The Hall–Kier alpha value is -2.97. The van der Waals surface area contributed by atoms with Gasteiger partial charge in [0, 0.05) is 26.2 Å². The number of fused-ring (bicyclic) bond motifs is 2. The predicted molar refractivity (Wildman–Crippen MR) is 133 cm³/mol. The summed E-state index contributed by atoms with van der Waals surface area (Å²) in [6, 6.07) is 7.52. The van der Waals surface area contributed by atoms with Gasteiger partial charge in [-0.25, -0.2) is 0 Å². The van der Waals surface area contributed by atoms with Crippen LogP contribution in [0.3, 0.4) is 0 Å². The van der Waals surface area contributed by atoms with E-state index in [4.69, 9.17) is 4.74 Å². The summed E-state index contributed by atoms with van der Waals surface area (Å²) in [5.74, 6) is -2.28. The van der Waals surface area contributed by atoms with Crippen molar-refractivity contribution >= 4 is 17.7 Å². The molecule has 4 aliphatic heterocycles. The highest BCUT2D eigenvalue weighted by Crippen LogP contribution is 2.55. The Balaban J connectivity index is 1.67. The second-order valence-corrected chi connectivity index (χ2v) is 10.4. The van der Waals surface area contributed by atoms with E-state index in [1.807, 2.05) is 66.5 Å². The van der Waals surface area contributed by atoms with Crippen LogP contribution in [0.15, 0.2) is 54.6 Å². The number of benzene rings is 1. The molecule has 0 aromatic heterocycles. The van der Waals surface area contributed by atoms with Crippen LogP contribution in [0, 0.1) is 11.8 Å². The van der Waals surface area contributed by atoms with Gasteiger partial charge in [0.15, 0.2) is 0 Å². The maximum atomic E-state index is 14.3. The number of likely N-dealkylation sites (N-methyl/N-ethyl adjacent to an activating group) is 1. The Morgan fingerprint density at radius 1 is 1.08 bits per heavy atom. The number of carbonyl (C=O) groups is 3. The molecule has 4 aliphatic rings. The van der Waals surface area contributed by atoms with Crippen LogP contribution in [0.5, 0.6) is 0 Å². The Morgan fingerprint density at radius 3 is 2.53 bits per heavy atom. The molecule has 1 aromatic rings. The summed E-state index contributed by atoms with van der Waals surface area (Å²) in [7, 11) is 1.72. The standard InChI is InChI=1S/C28H35N3O5/c1-4-10-18(2)30-16-9-14-28-23(22-21(36-28)13-8-15-29(3)25(22)33)26(34)31(24(28)27(30)35)20(17-32)19-11-6-5-7-12-19/h5-9,11-14,18,20-24,32H,4,10,15-17H2,1-3H3/t18?,20-,21-,22+,23+,24?,28+/m1/s1. The van der Waals surface area contributed by atoms with Crippen molar-refractivity contribution in [2.75, 3.05) is 26.7 Å². The molecule has 5 rings (SSSR count). The molecule has 1 N–H and O–H groups in total. The first kappa shape index (κ1) is 24.7. The van der Waals surface area contributed by atoms with E-state index in [2.05, 4.69) is 6.92 Å². The van der Waals surface area contributed by atoms with Crippen LogP contribution in [0.2, 0.25) is 0 Å². The number of hydrogen-bond acceptors (Lipinski definition) is 5. The molecule has 7 atom stereocenters. The van der Waals surface area contributed by atoms with Gasteiger partial charge >= 0.3 is 0 Å². The number of likely N-dealkylation sites (tertiary alicyclic amines) is 1. The van der Waals surface area contributed by atoms with Crippen LogP contribution in [0.4, 0.5) is 0 Å². The number of amides is 3. The zero-order valence-electron chi connectivity index (χ0n) is 21.1. The SMILES string of the molecule is CCCC(C)N1CC=C[C@]23O[C@@H]4C=CCN(C)C(=O)[C@@H]4[C@H]2C(=O)N([C@H](CO)c2ccccc2)C3C1=O. The first-order valence-corrected chi connectivity index (χ1v) is 12.9. The van der Waals surface area contributed by atoms with Gasteiger partial charge in [0.2, 0.25) is 17.7 Å². The smallest absolute Gasteiger partial charge is 0.249 e. The number of aliphatic hydroxyl groups is 1. The van der Waals surface area contributed by atoms with E-state index in [9.17, 15) is 19.5 Å². The van der Waals surface area contributed by atoms with Gasteiger partial charge in [0.25, 0.3) is 0 Å². The summed E-state index contributed by atoms with van der Waals surface area (Å²) in [6.45, 7) is 4.60. The van der Waals surface area contributed by atoms with E-state index in [-0.39, 0.29) is 30.4 Å². The Labute approximate surface area is 212 Å². The van der Waals surface area contributed by atoms with Gasteiger partial charge in [-0.05, 0) is 18.9 Å².